The van der Waals surface area contributed by atoms with E-state index >= 15 is 0 Å². The number of carbonyl (C=O) groups excluding carboxylic acids is 7. The molecule has 0 radical (unpaired) electrons. The lowest BCUT2D eigenvalue weighted by Crippen LogP contribution is -2.76. The first-order valence-electron chi connectivity index (χ1n) is 17.2. The molecule has 4 rings (SSSR count). The minimum absolute atomic E-state index is 0.0142. The number of epoxide rings is 1. The molecule has 2 aliphatic carbocycles. The zero-order valence-corrected chi connectivity index (χ0v) is 31.2. The molecule has 4 aliphatic rings. The molecule has 11 atom stereocenters. The molecule has 2 heterocycles. The van der Waals surface area contributed by atoms with Gasteiger partial charge in [-0.1, -0.05) is 26.8 Å². The molecule has 294 valence electrons. The molecule has 0 unspecified atom stereocenters. The SMILES string of the molecule is COCC1=C[C@@H]2OC(=O)[C@H](C)[C@@]2(O)[C@@H](OC(C)=O)[C@H]2[C@@]3(CO3)[C@H](OC(C)=O)[C@H](OC(C)=O)[C@H](OC(C)=O)[C@]2(C)[C@@H](OC(=O)COC(=O)CC(C)C)C=C1. The maximum absolute atomic E-state index is 13.6. The van der Waals surface area contributed by atoms with Crippen LogP contribution in [0.5, 0.6) is 0 Å². The van der Waals surface area contributed by atoms with Crippen molar-refractivity contribution < 1.29 is 81.3 Å². The van der Waals surface area contributed by atoms with Crippen molar-refractivity contribution in [2.45, 2.75) is 110 Å². The van der Waals surface area contributed by atoms with Crippen molar-refractivity contribution in [2.75, 3.05) is 26.9 Å². The molecule has 2 aliphatic heterocycles. The number of ether oxygens (including phenoxy) is 9. The normalized spacial score (nSPS) is 35.8. The van der Waals surface area contributed by atoms with E-state index in [9.17, 15) is 38.7 Å². The van der Waals surface area contributed by atoms with Gasteiger partial charge in [-0.2, -0.15) is 0 Å². The molecule has 0 aromatic heterocycles. The van der Waals surface area contributed by atoms with Crippen molar-refractivity contribution in [3.63, 3.8) is 0 Å². The van der Waals surface area contributed by atoms with E-state index in [1.54, 1.807) is 13.8 Å². The van der Waals surface area contributed by atoms with Crippen LogP contribution in [0.1, 0.15) is 61.8 Å². The highest BCUT2D eigenvalue weighted by molar-refractivity contribution is 5.78. The molecule has 1 N–H and O–H groups in total. The third kappa shape index (κ3) is 8.26. The van der Waals surface area contributed by atoms with Crippen LogP contribution in [0, 0.1) is 23.2 Å². The van der Waals surface area contributed by atoms with E-state index in [0.717, 1.165) is 27.7 Å². The van der Waals surface area contributed by atoms with Gasteiger partial charge in [0.15, 0.2) is 36.6 Å². The Morgan fingerprint density at radius 2 is 1.45 bits per heavy atom. The van der Waals surface area contributed by atoms with Gasteiger partial charge in [0.25, 0.3) is 0 Å². The van der Waals surface area contributed by atoms with E-state index in [1.165, 1.54) is 39.2 Å². The Hall–Kier alpha value is -4.35. The largest absolute Gasteiger partial charge is 0.459 e. The number of carbonyl (C=O) groups is 7. The molecule has 53 heavy (non-hydrogen) atoms. The zero-order chi connectivity index (χ0) is 39.6. The quantitative estimate of drug-likeness (QED) is 0.177. The van der Waals surface area contributed by atoms with Gasteiger partial charge in [-0.25, -0.2) is 4.79 Å². The summed E-state index contributed by atoms with van der Waals surface area (Å²) in [5, 5.41) is 12.9. The summed E-state index contributed by atoms with van der Waals surface area (Å²) in [5.74, 6) is -9.13. The van der Waals surface area contributed by atoms with Gasteiger partial charge >= 0.3 is 41.8 Å². The maximum atomic E-state index is 13.6. The molecule has 17 nitrogen and oxygen atoms in total. The Labute approximate surface area is 306 Å². The van der Waals surface area contributed by atoms with Gasteiger partial charge in [0.1, 0.15) is 17.8 Å². The number of methoxy groups -OCH3 is 1. The van der Waals surface area contributed by atoms with Gasteiger partial charge in [-0.05, 0) is 30.6 Å². The fraction of sp³-hybridized carbons (Fsp3) is 0.694. The lowest BCUT2D eigenvalue weighted by Gasteiger charge is -2.59. The highest BCUT2D eigenvalue weighted by atomic mass is 16.7. The number of rotatable bonds is 11. The first-order valence-corrected chi connectivity index (χ1v) is 17.2. The highest BCUT2D eigenvalue weighted by Crippen LogP contribution is 2.63. The van der Waals surface area contributed by atoms with Gasteiger partial charge in [-0.15, -0.1) is 0 Å². The summed E-state index contributed by atoms with van der Waals surface area (Å²) in [5.41, 5.74) is -5.87. The van der Waals surface area contributed by atoms with Gasteiger partial charge < -0.3 is 47.7 Å². The Balaban J connectivity index is 2.09. The Morgan fingerprint density at radius 3 is 1.98 bits per heavy atom. The van der Waals surface area contributed by atoms with Crippen molar-refractivity contribution in [1.82, 2.24) is 0 Å². The summed E-state index contributed by atoms with van der Waals surface area (Å²) in [7, 11) is 1.38. The van der Waals surface area contributed by atoms with Crippen LogP contribution in [-0.2, 0) is 76.2 Å². The van der Waals surface area contributed by atoms with Gasteiger partial charge in [0, 0.05) is 47.1 Å². The van der Waals surface area contributed by atoms with Crippen molar-refractivity contribution >= 4 is 41.8 Å². The molecule has 0 amide bonds. The second kappa shape index (κ2) is 15.9. The standard InChI is InChI=1S/C36H48O17/c1-17(2)12-26(41)46-15-27(42)52-24-11-10-23(14-45-9)13-25-36(44,18(3)33(43)53-25)32(51-22(7)40)29-34(24,8)30(49-20(5)38)28(48-19(4)37)31(50-21(6)39)35(29)16-47-35/h10-11,13,17-18,24-25,28-32,44H,12,14-16H2,1-9H3/t18-,24-,25-,28+,29+,30-,31+,32-,34+,35-,36-/m0/s1. The number of hydrogen-bond donors (Lipinski definition) is 1. The van der Waals surface area contributed by atoms with Crippen molar-refractivity contribution in [1.29, 1.82) is 0 Å². The average molecular weight is 753 g/mol. The summed E-state index contributed by atoms with van der Waals surface area (Å²) >= 11 is 0. The summed E-state index contributed by atoms with van der Waals surface area (Å²) in [6.07, 6.45) is -5.53. The predicted molar refractivity (Wildman–Crippen MR) is 176 cm³/mol. The van der Waals surface area contributed by atoms with Crippen LogP contribution in [0.25, 0.3) is 0 Å². The third-order valence-corrected chi connectivity index (χ3v) is 10.0. The summed E-state index contributed by atoms with van der Waals surface area (Å²) < 4.78 is 51.7. The number of esters is 7. The lowest BCUT2D eigenvalue weighted by atomic mass is 9.51. The first-order chi connectivity index (χ1) is 24.7. The fourth-order valence-electron chi connectivity index (χ4n) is 7.80. The van der Waals surface area contributed by atoms with Crippen LogP contribution < -0.4 is 0 Å². The van der Waals surface area contributed by atoms with E-state index in [-0.39, 0.29) is 25.6 Å². The van der Waals surface area contributed by atoms with Crippen LogP contribution >= 0.6 is 0 Å². The predicted octanol–water partition coefficient (Wildman–Crippen LogP) is 1.05. The van der Waals surface area contributed by atoms with Gasteiger partial charge in [0.2, 0.25) is 0 Å². The summed E-state index contributed by atoms with van der Waals surface area (Å²) in [6.45, 7) is 9.45. The highest BCUT2D eigenvalue weighted by Gasteiger charge is 2.81. The molecule has 17 heteroatoms. The number of aliphatic hydroxyl groups is 1. The van der Waals surface area contributed by atoms with E-state index in [2.05, 4.69) is 0 Å². The fourth-order valence-corrected chi connectivity index (χ4v) is 7.80. The van der Waals surface area contributed by atoms with Crippen molar-refractivity contribution in [2.24, 2.45) is 23.2 Å². The zero-order valence-electron chi connectivity index (χ0n) is 31.2. The summed E-state index contributed by atoms with van der Waals surface area (Å²) in [4.78, 5) is 90.7. The number of hydrogen-bond acceptors (Lipinski definition) is 17. The van der Waals surface area contributed by atoms with E-state index < -0.39 is 113 Å². The average Bonchev–Trinajstić information content (AvgIpc) is 3.79. The second-order valence-electron chi connectivity index (χ2n) is 14.4. The molecular weight excluding hydrogens is 704 g/mol. The Kier molecular flexibility index (Phi) is 12.5. The van der Waals surface area contributed by atoms with E-state index in [0.29, 0.717) is 5.57 Å². The number of fused-ring (bicyclic) bond motifs is 3. The lowest BCUT2D eigenvalue weighted by molar-refractivity contribution is -0.279. The minimum Gasteiger partial charge on any atom is -0.459 e. The molecule has 3 fully saturated rings. The molecule has 0 aromatic rings. The van der Waals surface area contributed by atoms with Gasteiger partial charge in [-0.3, -0.25) is 28.8 Å². The van der Waals surface area contributed by atoms with Gasteiger partial charge in [0.05, 0.1) is 24.5 Å². The molecule has 0 bridgehead atoms. The maximum Gasteiger partial charge on any atom is 0.344 e. The monoisotopic (exact) mass is 752 g/mol. The molecule has 1 saturated carbocycles. The van der Waals surface area contributed by atoms with Crippen molar-refractivity contribution in [3.8, 4) is 0 Å². The van der Waals surface area contributed by atoms with Crippen LogP contribution in [0.2, 0.25) is 0 Å². The van der Waals surface area contributed by atoms with Crippen molar-refractivity contribution in [3.05, 3.63) is 23.8 Å². The smallest absolute Gasteiger partial charge is 0.344 e. The Bertz CT molecular complexity index is 1540. The molecule has 2 saturated heterocycles. The van der Waals surface area contributed by atoms with Crippen LogP contribution in [0.4, 0.5) is 0 Å². The molecule has 0 aromatic carbocycles. The third-order valence-electron chi connectivity index (χ3n) is 10.0. The first kappa shape index (κ1) is 41.4. The Morgan fingerprint density at radius 1 is 0.887 bits per heavy atom. The van der Waals surface area contributed by atoms with E-state index in [1.807, 2.05) is 0 Å². The second-order valence-corrected chi connectivity index (χ2v) is 14.4. The summed E-state index contributed by atoms with van der Waals surface area (Å²) in [6, 6.07) is 0. The van der Waals surface area contributed by atoms with Crippen LogP contribution in [0.3, 0.4) is 0 Å². The molecule has 1 spiro atoms. The minimum atomic E-state index is -2.41. The molecular formula is C36H48O17. The van der Waals surface area contributed by atoms with E-state index in [4.69, 9.17) is 42.6 Å². The van der Waals surface area contributed by atoms with Crippen LogP contribution in [0.15, 0.2) is 23.8 Å². The topological polar surface area (TPSA) is 226 Å². The van der Waals surface area contributed by atoms with Crippen LogP contribution in [-0.4, -0.2) is 122 Å².